The third-order valence-corrected chi connectivity index (χ3v) is 4.60. The Hall–Kier alpha value is -3.08. The molecule has 3 rings (SSSR count). The molecule has 2 aromatic carbocycles. The normalized spacial score (nSPS) is 12.0. The Morgan fingerprint density at radius 3 is 2.65 bits per heavy atom. The van der Waals surface area contributed by atoms with Crippen molar-refractivity contribution >= 4 is 23.1 Å². The maximum Gasteiger partial charge on any atom is 0.233 e. The molecule has 1 unspecified atom stereocenters. The molecule has 0 aliphatic carbocycles. The first kappa shape index (κ1) is 17.7. The highest BCUT2D eigenvalue weighted by Gasteiger charge is 2.24. The van der Waals surface area contributed by atoms with E-state index in [1.165, 1.54) is 0 Å². The van der Waals surface area contributed by atoms with E-state index in [0.29, 0.717) is 25.8 Å². The number of nitrogens with one attached hydrogen (secondary N) is 1. The molecule has 0 saturated heterocycles. The second-order valence-electron chi connectivity index (χ2n) is 6.32. The largest absolute Gasteiger partial charge is 0.508 e. The van der Waals surface area contributed by atoms with Gasteiger partial charge in [0.2, 0.25) is 5.91 Å². The summed E-state index contributed by atoms with van der Waals surface area (Å²) in [6.07, 6.45) is 2.92. The van der Waals surface area contributed by atoms with Crippen molar-refractivity contribution < 1.29 is 14.7 Å². The summed E-state index contributed by atoms with van der Waals surface area (Å²) in [5.41, 5.74) is 2.88. The second-order valence-corrected chi connectivity index (χ2v) is 6.32. The molecule has 1 aromatic heterocycles. The molecule has 5 nitrogen and oxygen atoms in total. The van der Waals surface area contributed by atoms with Gasteiger partial charge in [-0.15, -0.1) is 0 Å². The number of amides is 1. The van der Waals surface area contributed by atoms with Crippen LogP contribution in [0.5, 0.6) is 5.75 Å². The molecule has 3 aromatic rings. The number of phenolic OH excluding ortho intramolecular Hbond substituents is 1. The average molecular weight is 350 g/mol. The van der Waals surface area contributed by atoms with E-state index in [-0.39, 0.29) is 11.7 Å². The van der Waals surface area contributed by atoms with Crippen LogP contribution in [0, 0.1) is 5.92 Å². The highest BCUT2D eigenvalue weighted by Crippen LogP contribution is 2.20. The van der Waals surface area contributed by atoms with Crippen LogP contribution < -0.4 is 0 Å². The predicted octanol–water partition coefficient (Wildman–Crippen LogP) is 3.28. The monoisotopic (exact) mass is 350 g/mol. The molecule has 0 aliphatic rings. The van der Waals surface area contributed by atoms with Crippen LogP contribution in [0.4, 0.5) is 0 Å². The van der Waals surface area contributed by atoms with Gasteiger partial charge in [-0.05, 0) is 48.1 Å². The van der Waals surface area contributed by atoms with E-state index in [1.807, 2.05) is 37.4 Å². The van der Waals surface area contributed by atoms with E-state index < -0.39 is 5.92 Å². The molecule has 1 heterocycles. The van der Waals surface area contributed by atoms with E-state index in [9.17, 15) is 14.7 Å². The SMILES string of the molecule is CCN(Cc1cccc2cc[nH]c12)C(=O)C(C=O)Cc1ccc(O)cc1. The van der Waals surface area contributed by atoms with Gasteiger partial charge in [0.05, 0.1) is 11.4 Å². The first-order valence-electron chi connectivity index (χ1n) is 8.69. The van der Waals surface area contributed by atoms with Gasteiger partial charge in [0, 0.05) is 19.3 Å². The molecule has 0 radical (unpaired) electrons. The lowest BCUT2D eigenvalue weighted by Crippen LogP contribution is -2.37. The molecule has 1 amide bonds. The number of nitrogens with zero attached hydrogens (tertiary/aromatic N) is 1. The Kier molecular flexibility index (Phi) is 5.37. The zero-order valence-corrected chi connectivity index (χ0v) is 14.7. The molecule has 0 saturated carbocycles. The molecule has 26 heavy (non-hydrogen) atoms. The Morgan fingerprint density at radius 2 is 1.96 bits per heavy atom. The van der Waals surface area contributed by atoms with Gasteiger partial charge >= 0.3 is 0 Å². The number of phenols is 1. The number of aromatic nitrogens is 1. The minimum atomic E-state index is -0.734. The minimum Gasteiger partial charge on any atom is -0.508 e. The van der Waals surface area contributed by atoms with Crippen LogP contribution in [0.15, 0.2) is 54.7 Å². The Balaban J connectivity index is 1.77. The third kappa shape index (κ3) is 3.77. The van der Waals surface area contributed by atoms with Gasteiger partial charge in [-0.2, -0.15) is 0 Å². The van der Waals surface area contributed by atoms with Crippen molar-refractivity contribution in [3.63, 3.8) is 0 Å². The number of aromatic amines is 1. The number of fused-ring (bicyclic) bond motifs is 1. The van der Waals surface area contributed by atoms with Gasteiger partial charge in [0.25, 0.3) is 0 Å². The van der Waals surface area contributed by atoms with Gasteiger partial charge in [-0.3, -0.25) is 4.79 Å². The topological polar surface area (TPSA) is 73.4 Å². The number of H-pyrrole nitrogens is 1. The zero-order valence-electron chi connectivity index (χ0n) is 14.7. The van der Waals surface area contributed by atoms with E-state index in [2.05, 4.69) is 4.98 Å². The van der Waals surface area contributed by atoms with Crippen LogP contribution in [-0.4, -0.2) is 33.7 Å². The average Bonchev–Trinajstić information content (AvgIpc) is 3.14. The van der Waals surface area contributed by atoms with E-state index in [4.69, 9.17) is 0 Å². The second kappa shape index (κ2) is 7.87. The summed E-state index contributed by atoms with van der Waals surface area (Å²) in [5.74, 6) is -0.751. The van der Waals surface area contributed by atoms with Gasteiger partial charge in [-0.1, -0.05) is 30.3 Å². The zero-order chi connectivity index (χ0) is 18.5. The number of rotatable bonds is 7. The van der Waals surface area contributed by atoms with Crippen LogP contribution in [-0.2, 0) is 22.6 Å². The highest BCUT2D eigenvalue weighted by atomic mass is 16.3. The van der Waals surface area contributed by atoms with Gasteiger partial charge in [-0.25, -0.2) is 0 Å². The van der Waals surface area contributed by atoms with Crippen molar-refractivity contribution in [2.24, 2.45) is 5.92 Å². The number of benzene rings is 2. The number of para-hydroxylation sites is 1. The summed E-state index contributed by atoms with van der Waals surface area (Å²) in [6, 6.07) is 14.6. The van der Waals surface area contributed by atoms with Crippen molar-refractivity contribution in [3.8, 4) is 5.75 Å². The minimum absolute atomic E-state index is 0.164. The molecule has 0 spiro atoms. The van der Waals surface area contributed by atoms with E-state index in [1.54, 1.807) is 29.2 Å². The molecule has 1 atom stereocenters. The van der Waals surface area contributed by atoms with Crippen molar-refractivity contribution in [1.29, 1.82) is 0 Å². The Bertz CT molecular complexity index is 899. The summed E-state index contributed by atoms with van der Waals surface area (Å²) in [4.78, 5) is 29.4. The lowest BCUT2D eigenvalue weighted by molar-refractivity contribution is -0.138. The van der Waals surface area contributed by atoms with Crippen molar-refractivity contribution in [1.82, 2.24) is 9.88 Å². The van der Waals surface area contributed by atoms with Crippen LogP contribution in [0.3, 0.4) is 0 Å². The fraction of sp³-hybridized carbons (Fsp3) is 0.238. The van der Waals surface area contributed by atoms with Crippen LogP contribution in [0.2, 0.25) is 0 Å². The van der Waals surface area contributed by atoms with Crippen LogP contribution in [0.1, 0.15) is 18.1 Å². The van der Waals surface area contributed by atoms with Gasteiger partial charge < -0.3 is 19.8 Å². The van der Waals surface area contributed by atoms with Crippen LogP contribution >= 0.6 is 0 Å². The quantitative estimate of drug-likeness (QED) is 0.507. The molecular formula is C21H22N2O3. The van der Waals surface area contributed by atoms with Gasteiger partial charge in [0.15, 0.2) is 0 Å². The smallest absolute Gasteiger partial charge is 0.233 e. The summed E-state index contributed by atoms with van der Waals surface area (Å²) in [5, 5.41) is 10.5. The Labute approximate surface area is 152 Å². The van der Waals surface area contributed by atoms with Crippen LogP contribution in [0.25, 0.3) is 10.9 Å². The summed E-state index contributed by atoms with van der Waals surface area (Å²) in [7, 11) is 0. The molecule has 5 heteroatoms. The highest BCUT2D eigenvalue weighted by molar-refractivity contribution is 5.92. The number of hydrogen-bond acceptors (Lipinski definition) is 3. The predicted molar refractivity (Wildman–Crippen MR) is 101 cm³/mol. The first-order valence-corrected chi connectivity index (χ1v) is 8.69. The number of hydrogen-bond donors (Lipinski definition) is 2. The van der Waals surface area contributed by atoms with Crippen molar-refractivity contribution in [3.05, 3.63) is 65.9 Å². The van der Waals surface area contributed by atoms with Crippen molar-refractivity contribution in [2.75, 3.05) is 6.54 Å². The number of aromatic hydroxyl groups is 1. The van der Waals surface area contributed by atoms with E-state index >= 15 is 0 Å². The summed E-state index contributed by atoms with van der Waals surface area (Å²) >= 11 is 0. The fourth-order valence-electron chi connectivity index (χ4n) is 3.15. The molecule has 2 N–H and O–H groups in total. The third-order valence-electron chi connectivity index (χ3n) is 4.60. The first-order chi connectivity index (χ1) is 12.6. The number of carbonyl (C=O) groups is 2. The lowest BCUT2D eigenvalue weighted by atomic mass is 9.98. The summed E-state index contributed by atoms with van der Waals surface area (Å²) in [6.45, 7) is 2.89. The fourth-order valence-corrected chi connectivity index (χ4v) is 3.15. The Morgan fingerprint density at radius 1 is 1.19 bits per heavy atom. The van der Waals surface area contributed by atoms with Crippen molar-refractivity contribution in [2.45, 2.75) is 19.9 Å². The number of aldehydes is 1. The maximum atomic E-state index is 12.9. The molecular weight excluding hydrogens is 328 g/mol. The maximum absolute atomic E-state index is 12.9. The molecule has 134 valence electrons. The molecule has 0 bridgehead atoms. The van der Waals surface area contributed by atoms with Gasteiger partial charge in [0.1, 0.15) is 12.0 Å². The molecule has 0 aliphatic heterocycles. The number of carbonyl (C=O) groups excluding carboxylic acids is 2. The summed E-state index contributed by atoms with van der Waals surface area (Å²) < 4.78 is 0. The van der Waals surface area contributed by atoms with E-state index in [0.717, 1.165) is 22.0 Å². The molecule has 0 fully saturated rings. The standard InChI is InChI=1S/C21H22N2O3/c1-2-23(13-17-5-3-4-16-10-11-22-20(16)17)21(26)18(14-24)12-15-6-8-19(25)9-7-15/h3-11,14,18,22,25H,2,12-13H2,1H3. The lowest BCUT2D eigenvalue weighted by Gasteiger charge is -2.24.